The molecule has 1 N–H and O–H groups in total. The van der Waals surface area contributed by atoms with Crippen molar-refractivity contribution in [1.29, 1.82) is 0 Å². The fourth-order valence-corrected chi connectivity index (χ4v) is 1.62. The van der Waals surface area contributed by atoms with Gasteiger partial charge in [-0.3, -0.25) is 4.79 Å². The number of hydrogen-bond donors (Lipinski definition) is 1. The number of benzene rings is 1. The molecule has 0 fully saturated rings. The van der Waals surface area contributed by atoms with Crippen LogP contribution in [-0.2, 0) is 4.79 Å². The van der Waals surface area contributed by atoms with Gasteiger partial charge in [-0.15, -0.1) is 0 Å². The van der Waals surface area contributed by atoms with Gasteiger partial charge in [-0.05, 0) is 40.5 Å². The first kappa shape index (κ1) is 11.8. The van der Waals surface area contributed by atoms with Crippen molar-refractivity contribution in [2.75, 3.05) is 6.54 Å². The van der Waals surface area contributed by atoms with Crippen LogP contribution in [-0.4, -0.2) is 12.5 Å². The average molecular weight is 266 g/mol. The van der Waals surface area contributed by atoms with Gasteiger partial charge in [0.25, 0.3) is 0 Å². The summed E-state index contributed by atoms with van der Waals surface area (Å²) in [4.78, 5) is 10.6. The molecule has 0 aliphatic carbocycles. The minimum atomic E-state index is -0.0627. The topological polar surface area (TPSA) is 29.1 Å². The van der Waals surface area contributed by atoms with Crippen molar-refractivity contribution in [3.05, 3.63) is 33.8 Å². The number of aryl methyl sites for hydroxylation is 1. The Bertz CT molecular complexity index is 429. The predicted octanol–water partition coefficient (Wildman–Crippen LogP) is 2.25. The highest BCUT2D eigenvalue weighted by Crippen LogP contribution is 2.16. The summed E-state index contributed by atoms with van der Waals surface area (Å²) in [5.74, 6) is 5.80. The van der Waals surface area contributed by atoms with Crippen LogP contribution >= 0.6 is 15.9 Å². The number of halogens is 1. The molecule has 1 rings (SSSR count). The zero-order valence-corrected chi connectivity index (χ0v) is 10.3. The molecule has 0 bridgehead atoms. The quantitative estimate of drug-likeness (QED) is 0.776. The van der Waals surface area contributed by atoms with Crippen molar-refractivity contribution in [3.63, 3.8) is 0 Å². The van der Waals surface area contributed by atoms with Crippen LogP contribution in [0, 0.1) is 18.8 Å². The number of nitrogens with one attached hydrogen (secondary N) is 1. The van der Waals surface area contributed by atoms with Crippen LogP contribution in [0.4, 0.5) is 0 Å². The summed E-state index contributed by atoms with van der Waals surface area (Å²) in [7, 11) is 0. The number of rotatable bonds is 1. The van der Waals surface area contributed by atoms with Crippen LogP contribution in [0.1, 0.15) is 18.1 Å². The molecular formula is C12H12BrNO. The van der Waals surface area contributed by atoms with Gasteiger partial charge in [0.2, 0.25) is 5.91 Å². The lowest BCUT2D eigenvalue weighted by molar-refractivity contribution is -0.118. The normalized spacial score (nSPS) is 9.00. The SMILES string of the molecule is CC(=O)NCC#Cc1ccc(C)cc1Br. The lowest BCUT2D eigenvalue weighted by Crippen LogP contribution is -2.19. The Morgan fingerprint density at radius 2 is 2.27 bits per heavy atom. The van der Waals surface area contributed by atoms with E-state index in [2.05, 4.69) is 33.1 Å². The van der Waals surface area contributed by atoms with E-state index in [4.69, 9.17) is 0 Å². The zero-order valence-electron chi connectivity index (χ0n) is 8.73. The smallest absolute Gasteiger partial charge is 0.217 e. The standard InChI is InChI=1S/C12H12BrNO/c1-9-5-6-11(12(13)8-9)4-3-7-14-10(2)15/h5-6,8H,7H2,1-2H3,(H,14,15). The number of carbonyl (C=O) groups is 1. The Kier molecular flexibility index (Phi) is 4.38. The number of carbonyl (C=O) groups excluding carboxylic acids is 1. The van der Waals surface area contributed by atoms with Gasteiger partial charge in [-0.25, -0.2) is 0 Å². The second-order valence-electron chi connectivity index (χ2n) is 3.19. The minimum absolute atomic E-state index is 0.0627. The van der Waals surface area contributed by atoms with E-state index in [0.717, 1.165) is 10.0 Å². The first-order valence-electron chi connectivity index (χ1n) is 4.59. The summed E-state index contributed by atoms with van der Waals surface area (Å²) in [6.45, 7) is 3.89. The van der Waals surface area contributed by atoms with Gasteiger partial charge >= 0.3 is 0 Å². The van der Waals surface area contributed by atoms with E-state index in [1.54, 1.807) is 0 Å². The van der Waals surface area contributed by atoms with Crippen LogP contribution < -0.4 is 5.32 Å². The third kappa shape index (κ3) is 4.18. The Morgan fingerprint density at radius 3 is 2.87 bits per heavy atom. The van der Waals surface area contributed by atoms with E-state index in [1.807, 2.05) is 25.1 Å². The van der Waals surface area contributed by atoms with E-state index in [-0.39, 0.29) is 5.91 Å². The van der Waals surface area contributed by atoms with Gasteiger partial charge in [-0.1, -0.05) is 17.9 Å². The zero-order chi connectivity index (χ0) is 11.3. The van der Waals surface area contributed by atoms with Gasteiger partial charge in [0.15, 0.2) is 0 Å². The van der Waals surface area contributed by atoms with Crippen LogP contribution in [0.25, 0.3) is 0 Å². The maximum Gasteiger partial charge on any atom is 0.217 e. The molecule has 0 aromatic heterocycles. The highest BCUT2D eigenvalue weighted by atomic mass is 79.9. The molecule has 0 saturated carbocycles. The van der Waals surface area contributed by atoms with E-state index >= 15 is 0 Å². The molecule has 0 atom stereocenters. The molecule has 0 saturated heterocycles. The number of amides is 1. The molecule has 1 amide bonds. The third-order valence-corrected chi connectivity index (χ3v) is 2.43. The fraction of sp³-hybridized carbons (Fsp3) is 0.250. The summed E-state index contributed by atoms with van der Waals surface area (Å²) in [5, 5.41) is 2.62. The first-order chi connectivity index (χ1) is 7.09. The lowest BCUT2D eigenvalue weighted by Gasteiger charge is -1.97. The molecule has 0 aliphatic rings. The summed E-state index contributed by atoms with van der Waals surface area (Å²) in [5.41, 5.74) is 2.13. The van der Waals surface area contributed by atoms with Crippen molar-refractivity contribution < 1.29 is 4.79 Å². The van der Waals surface area contributed by atoms with Crippen molar-refractivity contribution in [2.24, 2.45) is 0 Å². The summed E-state index contributed by atoms with van der Waals surface area (Å²) in [6.07, 6.45) is 0. The number of hydrogen-bond acceptors (Lipinski definition) is 1. The molecule has 15 heavy (non-hydrogen) atoms. The molecule has 0 radical (unpaired) electrons. The Hall–Kier alpha value is -1.27. The molecule has 0 heterocycles. The van der Waals surface area contributed by atoms with Gasteiger partial charge < -0.3 is 5.32 Å². The van der Waals surface area contributed by atoms with Gasteiger partial charge in [0, 0.05) is 17.0 Å². The van der Waals surface area contributed by atoms with Gasteiger partial charge in [-0.2, -0.15) is 0 Å². The van der Waals surface area contributed by atoms with Crippen LogP contribution in [0.3, 0.4) is 0 Å². The minimum Gasteiger partial charge on any atom is -0.345 e. The highest BCUT2D eigenvalue weighted by Gasteiger charge is 1.95. The summed E-state index contributed by atoms with van der Waals surface area (Å²) < 4.78 is 0.984. The Balaban J connectivity index is 2.67. The summed E-state index contributed by atoms with van der Waals surface area (Å²) in [6, 6.07) is 5.98. The second kappa shape index (κ2) is 5.57. The van der Waals surface area contributed by atoms with Crippen molar-refractivity contribution in [2.45, 2.75) is 13.8 Å². The van der Waals surface area contributed by atoms with E-state index in [0.29, 0.717) is 6.54 Å². The van der Waals surface area contributed by atoms with Crippen LogP contribution in [0.15, 0.2) is 22.7 Å². The third-order valence-electron chi connectivity index (χ3n) is 1.77. The maximum atomic E-state index is 10.6. The van der Waals surface area contributed by atoms with E-state index < -0.39 is 0 Å². The fourth-order valence-electron chi connectivity index (χ4n) is 1.03. The Labute approximate surface area is 98.2 Å². The highest BCUT2D eigenvalue weighted by molar-refractivity contribution is 9.10. The molecule has 0 spiro atoms. The molecule has 1 aromatic carbocycles. The lowest BCUT2D eigenvalue weighted by atomic mass is 10.1. The molecule has 78 valence electrons. The van der Waals surface area contributed by atoms with Gasteiger partial charge in [0.1, 0.15) is 0 Å². The maximum absolute atomic E-state index is 10.6. The van der Waals surface area contributed by atoms with Crippen LogP contribution in [0.5, 0.6) is 0 Å². The molecule has 1 aromatic rings. The largest absolute Gasteiger partial charge is 0.345 e. The second-order valence-corrected chi connectivity index (χ2v) is 4.05. The molecular weight excluding hydrogens is 254 g/mol. The van der Waals surface area contributed by atoms with Gasteiger partial charge in [0.05, 0.1) is 6.54 Å². The van der Waals surface area contributed by atoms with Crippen molar-refractivity contribution in [1.82, 2.24) is 5.32 Å². The van der Waals surface area contributed by atoms with Crippen LogP contribution in [0.2, 0.25) is 0 Å². The molecule has 0 unspecified atom stereocenters. The predicted molar refractivity (Wildman–Crippen MR) is 64.4 cm³/mol. The summed E-state index contributed by atoms with van der Waals surface area (Å²) >= 11 is 3.44. The monoisotopic (exact) mass is 265 g/mol. The van der Waals surface area contributed by atoms with Crippen molar-refractivity contribution in [3.8, 4) is 11.8 Å². The molecule has 2 nitrogen and oxygen atoms in total. The molecule has 3 heteroatoms. The first-order valence-corrected chi connectivity index (χ1v) is 5.38. The Morgan fingerprint density at radius 1 is 1.53 bits per heavy atom. The van der Waals surface area contributed by atoms with E-state index in [1.165, 1.54) is 12.5 Å². The van der Waals surface area contributed by atoms with Crippen molar-refractivity contribution >= 4 is 21.8 Å². The molecule has 0 aliphatic heterocycles. The van der Waals surface area contributed by atoms with E-state index in [9.17, 15) is 4.79 Å². The average Bonchev–Trinajstić information content (AvgIpc) is 2.14.